The lowest BCUT2D eigenvalue weighted by molar-refractivity contribution is -0.117. The van der Waals surface area contributed by atoms with E-state index in [2.05, 4.69) is 17.8 Å². The summed E-state index contributed by atoms with van der Waals surface area (Å²) in [7, 11) is 0. The fourth-order valence-electron chi connectivity index (χ4n) is 2.79. The summed E-state index contributed by atoms with van der Waals surface area (Å²) in [5.74, 6) is -0.445. The highest BCUT2D eigenvalue weighted by atomic mass is 32.1. The lowest BCUT2D eigenvalue weighted by Crippen LogP contribution is -2.40. The van der Waals surface area contributed by atoms with Gasteiger partial charge in [-0.05, 0) is 60.6 Å². The molecule has 3 rings (SSSR count). The van der Waals surface area contributed by atoms with Gasteiger partial charge in [0.05, 0.1) is 4.88 Å². The minimum absolute atomic E-state index is 0.310. The lowest BCUT2D eigenvalue weighted by Gasteiger charge is -2.16. The van der Waals surface area contributed by atoms with Crippen LogP contribution < -0.4 is 10.9 Å². The summed E-state index contributed by atoms with van der Waals surface area (Å²) < 4.78 is 12.8. The van der Waals surface area contributed by atoms with E-state index in [4.69, 9.17) is 0 Å². The number of hydrogen-bond acceptors (Lipinski definition) is 3. The Hall–Kier alpha value is -2.47. The molecule has 2 amide bonds. The van der Waals surface area contributed by atoms with Crippen LogP contribution in [0.25, 0.3) is 6.08 Å². The van der Waals surface area contributed by atoms with Crippen LogP contribution in [0.2, 0.25) is 0 Å². The Labute approximate surface area is 149 Å². The molecule has 2 aromatic rings. The van der Waals surface area contributed by atoms with Crippen LogP contribution in [0.15, 0.2) is 36.4 Å². The molecule has 130 valence electrons. The highest BCUT2D eigenvalue weighted by molar-refractivity contribution is 7.14. The highest BCUT2D eigenvalue weighted by Crippen LogP contribution is 2.32. The summed E-state index contributed by atoms with van der Waals surface area (Å²) in [6, 6.07) is 7.69. The Morgan fingerprint density at radius 1 is 1.24 bits per heavy atom. The fourth-order valence-corrected chi connectivity index (χ4v) is 3.89. The molecule has 1 aliphatic rings. The number of benzene rings is 1. The smallest absolute Gasteiger partial charge is 0.268 e. The van der Waals surface area contributed by atoms with Crippen LogP contribution in [0.3, 0.4) is 0 Å². The number of fused-ring (bicyclic) bond motifs is 1. The molecule has 1 aliphatic carbocycles. The molecule has 1 atom stereocenters. The topological polar surface area (TPSA) is 58.2 Å². The molecule has 2 N–H and O–H groups in total. The van der Waals surface area contributed by atoms with Gasteiger partial charge in [0.15, 0.2) is 0 Å². The summed E-state index contributed by atoms with van der Waals surface area (Å²) in [5, 5.41) is 0. The molecule has 0 radical (unpaired) electrons. The largest absolute Gasteiger partial charge is 0.279 e. The van der Waals surface area contributed by atoms with E-state index < -0.39 is 5.91 Å². The van der Waals surface area contributed by atoms with E-state index in [1.807, 2.05) is 6.07 Å². The second kappa shape index (κ2) is 7.61. The Kier molecular flexibility index (Phi) is 5.28. The maximum Gasteiger partial charge on any atom is 0.279 e. The van der Waals surface area contributed by atoms with Crippen LogP contribution in [0, 0.1) is 11.7 Å². The number of carbonyl (C=O) groups is 2. The number of carbonyl (C=O) groups excluding carboxylic acids is 2. The van der Waals surface area contributed by atoms with Gasteiger partial charge in [0.1, 0.15) is 5.82 Å². The van der Waals surface area contributed by atoms with E-state index in [0.29, 0.717) is 16.4 Å². The van der Waals surface area contributed by atoms with Crippen molar-refractivity contribution in [3.63, 3.8) is 0 Å². The highest BCUT2D eigenvalue weighted by Gasteiger charge is 2.20. The number of hydrazine groups is 1. The lowest BCUT2D eigenvalue weighted by atomic mass is 9.90. The van der Waals surface area contributed by atoms with Gasteiger partial charge in [0.25, 0.3) is 11.8 Å². The molecule has 0 spiro atoms. The summed E-state index contributed by atoms with van der Waals surface area (Å²) >= 11 is 1.49. The number of hydrogen-bond donors (Lipinski definition) is 2. The first-order valence-electron chi connectivity index (χ1n) is 8.17. The van der Waals surface area contributed by atoms with Gasteiger partial charge >= 0.3 is 0 Å². The maximum atomic E-state index is 12.8. The average molecular weight is 358 g/mol. The molecule has 1 heterocycles. The van der Waals surface area contributed by atoms with Crippen molar-refractivity contribution in [1.82, 2.24) is 10.9 Å². The summed E-state index contributed by atoms with van der Waals surface area (Å²) in [5.41, 5.74) is 6.73. The van der Waals surface area contributed by atoms with Crippen molar-refractivity contribution >= 4 is 29.2 Å². The van der Waals surface area contributed by atoms with Crippen LogP contribution in [0.1, 0.15) is 39.0 Å². The van der Waals surface area contributed by atoms with Gasteiger partial charge in [-0.15, -0.1) is 11.3 Å². The van der Waals surface area contributed by atoms with Gasteiger partial charge in [-0.2, -0.15) is 0 Å². The van der Waals surface area contributed by atoms with Gasteiger partial charge in [-0.3, -0.25) is 20.4 Å². The molecule has 0 aliphatic heterocycles. The molecule has 1 aromatic carbocycles. The van der Waals surface area contributed by atoms with Crippen molar-refractivity contribution in [2.24, 2.45) is 5.92 Å². The maximum absolute atomic E-state index is 12.8. The first-order chi connectivity index (χ1) is 12.0. The number of halogens is 1. The van der Waals surface area contributed by atoms with Crippen molar-refractivity contribution in [3.8, 4) is 0 Å². The second-order valence-corrected chi connectivity index (χ2v) is 7.37. The monoisotopic (exact) mass is 358 g/mol. The number of rotatable bonds is 3. The molecule has 0 fully saturated rings. The molecule has 6 heteroatoms. The zero-order valence-electron chi connectivity index (χ0n) is 13.8. The van der Waals surface area contributed by atoms with Crippen molar-refractivity contribution in [2.45, 2.75) is 26.2 Å². The number of thiophene rings is 1. The van der Waals surface area contributed by atoms with E-state index in [1.54, 1.807) is 18.2 Å². The molecule has 25 heavy (non-hydrogen) atoms. The van der Waals surface area contributed by atoms with Gasteiger partial charge < -0.3 is 0 Å². The van der Waals surface area contributed by atoms with Crippen LogP contribution >= 0.6 is 11.3 Å². The molecule has 1 aromatic heterocycles. The number of amides is 2. The van der Waals surface area contributed by atoms with Crippen molar-refractivity contribution < 1.29 is 14.0 Å². The van der Waals surface area contributed by atoms with Gasteiger partial charge in [0.2, 0.25) is 0 Å². The Morgan fingerprint density at radius 2 is 2.00 bits per heavy atom. The van der Waals surface area contributed by atoms with Crippen molar-refractivity contribution in [3.05, 3.63) is 63.1 Å². The number of nitrogens with one attached hydrogen (secondary N) is 2. The standard InChI is InChI=1S/C19H19FN2O2S/c1-12-2-8-16-14(10-12)11-17(25-16)19(24)22-21-18(23)9-5-13-3-6-15(20)7-4-13/h3-7,9,11-12H,2,8,10H2,1H3,(H,21,23)(H,22,24)/b9-5+/t12-/m0/s1. The quantitative estimate of drug-likeness (QED) is 0.652. The summed E-state index contributed by atoms with van der Waals surface area (Å²) in [6.07, 6.45) is 6.01. The average Bonchev–Trinajstić information content (AvgIpc) is 3.02. The van der Waals surface area contributed by atoms with Gasteiger partial charge in [-0.1, -0.05) is 19.1 Å². The third-order valence-corrected chi connectivity index (χ3v) is 5.39. The zero-order valence-corrected chi connectivity index (χ0v) is 14.7. The Morgan fingerprint density at radius 3 is 2.76 bits per heavy atom. The van der Waals surface area contributed by atoms with E-state index in [1.165, 1.54) is 40.0 Å². The Balaban J connectivity index is 1.53. The fraction of sp³-hybridized carbons (Fsp3) is 0.263. The third-order valence-electron chi connectivity index (χ3n) is 4.15. The van der Waals surface area contributed by atoms with Crippen LogP contribution in [-0.4, -0.2) is 11.8 Å². The third kappa shape index (κ3) is 4.54. The minimum atomic E-state index is -0.451. The molecule has 4 nitrogen and oxygen atoms in total. The number of aryl methyl sites for hydroxylation is 1. The van der Waals surface area contributed by atoms with E-state index in [-0.39, 0.29) is 11.7 Å². The van der Waals surface area contributed by atoms with Crippen molar-refractivity contribution in [2.75, 3.05) is 0 Å². The van der Waals surface area contributed by atoms with Crippen LogP contribution in [-0.2, 0) is 17.6 Å². The molecular weight excluding hydrogens is 339 g/mol. The van der Waals surface area contributed by atoms with Crippen LogP contribution in [0.5, 0.6) is 0 Å². The minimum Gasteiger partial charge on any atom is -0.268 e. The van der Waals surface area contributed by atoms with E-state index in [0.717, 1.165) is 19.3 Å². The normalized spacial score (nSPS) is 16.5. The predicted octanol–water partition coefficient (Wildman–Crippen LogP) is 3.49. The first kappa shape index (κ1) is 17.4. The van der Waals surface area contributed by atoms with E-state index in [9.17, 15) is 14.0 Å². The molecule has 0 unspecified atom stereocenters. The molecular formula is C19H19FN2O2S. The molecule has 0 saturated heterocycles. The molecule has 0 bridgehead atoms. The van der Waals surface area contributed by atoms with Gasteiger partial charge in [-0.25, -0.2) is 4.39 Å². The van der Waals surface area contributed by atoms with E-state index >= 15 is 0 Å². The molecule has 0 saturated carbocycles. The second-order valence-electron chi connectivity index (χ2n) is 6.24. The van der Waals surface area contributed by atoms with Crippen LogP contribution in [0.4, 0.5) is 4.39 Å². The van der Waals surface area contributed by atoms with Gasteiger partial charge in [0, 0.05) is 11.0 Å². The first-order valence-corrected chi connectivity index (χ1v) is 8.98. The predicted molar refractivity (Wildman–Crippen MR) is 96.6 cm³/mol. The summed E-state index contributed by atoms with van der Waals surface area (Å²) in [6.45, 7) is 2.22. The SMILES string of the molecule is C[C@H]1CCc2sc(C(=O)NNC(=O)/C=C/c3ccc(F)cc3)cc2C1. The Bertz CT molecular complexity index is 811. The van der Waals surface area contributed by atoms with Crippen molar-refractivity contribution in [1.29, 1.82) is 0 Å². The summed E-state index contributed by atoms with van der Waals surface area (Å²) in [4.78, 5) is 25.8. The zero-order chi connectivity index (χ0) is 17.8.